The molecule has 1 unspecified atom stereocenters. The van der Waals surface area contributed by atoms with Gasteiger partial charge in [0.25, 0.3) is 0 Å². The number of halogens is 2. The second-order valence-corrected chi connectivity index (χ2v) is 11.0. The van der Waals surface area contributed by atoms with Crippen LogP contribution < -0.4 is 4.74 Å². The number of esters is 1. The first-order chi connectivity index (χ1) is 17.1. The van der Waals surface area contributed by atoms with Gasteiger partial charge in [-0.3, -0.25) is 9.59 Å². The maximum Gasteiger partial charge on any atom is 0.308 e. The molecule has 0 bridgehead atoms. The number of nitrogens with zero attached hydrogens (tertiary/aromatic N) is 2. The Labute approximate surface area is 223 Å². The minimum Gasteiger partial charge on any atom is -0.427 e. The molecule has 2 aliphatic rings. The molecule has 1 aliphatic heterocycles. The number of fused-ring (bicyclic) bond motifs is 1. The van der Waals surface area contributed by atoms with E-state index in [-0.39, 0.29) is 41.8 Å². The molecule has 6 nitrogen and oxygen atoms in total. The first kappa shape index (κ1) is 26.9. The van der Waals surface area contributed by atoms with Crippen molar-refractivity contribution < 1.29 is 19.1 Å². The van der Waals surface area contributed by atoms with Crippen LogP contribution >= 0.6 is 23.2 Å². The van der Waals surface area contributed by atoms with E-state index in [1.54, 1.807) is 19.2 Å². The van der Waals surface area contributed by atoms with Gasteiger partial charge in [-0.15, -0.1) is 0 Å². The van der Waals surface area contributed by atoms with Gasteiger partial charge in [-0.1, -0.05) is 41.4 Å². The van der Waals surface area contributed by atoms with Crippen molar-refractivity contribution >= 4 is 35.1 Å². The second kappa shape index (κ2) is 11.1. The Morgan fingerprint density at radius 2 is 1.94 bits per heavy atom. The van der Waals surface area contributed by atoms with Gasteiger partial charge in [0.15, 0.2) is 0 Å². The molecule has 0 spiro atoms. The van der Waals surface area contributed by atoms with Gasteiger partial charge < -0.3 is 19.3 Å². The maximum absolute atomic E-state index is 13.4. The third-order valence-electron chi connectivity index (χ3n) is 7.96. The molecule has 1 amide bonds. The van der Waals surface area contributed by atoms with Crippen LogP contribution in [0.5, 0.6) is 5.75 Å². The molecule has 0 radical (unpaired) electrons. The first-order valence-electron chi connectivity index (χ1n) is 12.3. The van der Waals surface area contributed by atoms with Crippen LogP contribution in [0.15, 0.2) is 42.5 Å². The number of likely N-dealkylation sites (N-methyl/N-ethyl adjacent to an activating group) is 1. The fourth-order valence-electron chi connectivity index (χ4n) is 6.06. The van der Waals surface area contributed by atoms with E-state index in [1.807, 2.05) is 36.2 Å². The molecule has 2 aromatic carbocycles. The van der Waals surface area contributed by atoms with Crippen LogP contribution in [-0.2, 0) is 26.2 Å². The zero-order chi connectivity index (χ0) is 26.0. The van der Waals surface area contributed by atoms with Crippen LogP contribution in [0.3, 0.4) is 0 Å². The Balaban J connectivity index is 1.64. The SMILES string of the molecule is COC1C[C@H](N(C)C(=O)Cc2ccc(Cl)c(Cl)c2)C[C@]2(c3cccc(OC(C)=O)c3)CCN(C)C[C@@H]12. The highest BCUT2D eigenvalue weighted by Crippen LogP contribution is 2.51. The number of rotatable bonds is 6. The van der Waals surface area contributed by atoms with E-state index in [1.165, 1.54) is 6.92 Å². The van der Waals surface area contributed by atoms with Crippen LogP contribution in [0.1, 0.15) is 37.3 Å². The van der Waals surface area contributed by atoms with Gasteiger partial charge >= 0.3 is 5.97 Å². The van der Waals surface area contributed by atoms with E-state index >= 15 is 0 Å². The summed E-state index contributed by atoms with van der Waals surface area (Å²) in [6, 6.07) is 13.2. The Morgan fingerprint density at radius 3 is 2.64 bits per heavy atom. The average Bonchev–Trinajstić information content (AvgIpc) is 2.85. The Kier molecular flexibility index (Phi) is 8.30. The molecule has 2 aromatic rings. The monoisotopic (exact) mass is 532 g/mol. The molecule has 194 valence electrons. The average molecular weight is 533 g/mol. The predicted molar refractivity (Wildman–Crippen MR) is 142 cm³/mol. The molecule has 1 saturated carbocycles. The summed E-state index contributed by atoms with van der Waals surface area (Å²) in [6.45, 7) is 3.26. The highest BCUT2D eigenvalue weighted by Gasteiger charge is 2.53. The van der Waals surface area contributed by atoms with Gasteiger partial charge in [0.2, 0.25) is 5.91 Å². The van der Waals surface area contributed by atoms with Crippen LogP contribution in [0.25, 0.3) is 0 Å². The van der Waals surface area contributed by atoms with Gasteiger partial charge in [-0.25, -0.2) is 0 Å². The quantitative estimate of drug-likeness (QED) is 0.387. The van der Waals surface area contributed by atoms with Crippen LogP contribution in [0, 0.1) is 5.92 Å². The summed E-state index contributed by atoms with van der Waals surface area (Å²) in [5.74, 6) is 0.493. The van der Waals surface area contributed by atoms with Crippen molar-refractivity contribution in [1.82, 2.24) is 9.80 Å². The van der Waals surface area contributed by atoms with Crippen LogP contribution in [0.2, 0.25) is 10.0 Å². The first-order valence-corrected chi connectivity index (χ1v) is 13.1. The van der Waals surface area contributed by atoms with Crippen molar-refractivity contribution in [3.05, 3.63) is 63.6 Å². The number of methoxy groups -OCH3 is 1. The molecule has 0 N–H and O–H groups in total. The molecule has 1 heterocycles. The minimum atomic E-state index is -0.339. The zero-order valence-electron chi connectivity index (χ0n) is 21.3. The summed E-state index contributed by atoms with van der Waals surface area (Å²) in [5.41, 5.74) is 1.77. The number of benzene rings is 2. The van der Waals surface area contributed by atoms with Gasteiger partial charge in [0, 0.05) is 45.0 Å². The van der Waals surface area contributed by atoms with Gasteiger partial charge in [-0.05, 0) is 68.2 Å². The fraction of sp³-hybridized carbons (Fsp3) is 0.500. The van der Waals surface area contributed by atoms with Crippen molar-refractivity contribution in [2.24, 2.45) is 5.92 Å². The Morgan fingerprint density at radius 1 is 1.17 bits per heavy atom. The highest BCUT2D eigenvalue weighted by molar-refractivity contribution is 6.42. The summed E-state index contributed by atoms with van der Waals surface area (Å²) in [5, 5.41) is 0.921. The van der Waals surface area contributed by atoms with Crippen molar-refractivity contribution in [2.45, 2.75) is 50.2 Å². The Hall–Kier alpha value is -2.12. The lowest BCUT2D eigenvalue weighted by atomic mass is 9.56. The van der Waals surface area contributed by atoms with Crippen LogP contribution in [0.4, 0.5) is 0 Å². The third-order valence-corrected chi connectivity index (χ3v) is 8.70. The number of amides is 1. The van der Waals surface area contributed by atoms with E-state index in [0.717, 1.165) is 43.5 Å². The molecule has 36 heavy (non-hydrogen) atoms. The second-order valence-electron chi connectivity index (χ2n) is 10.2. The summed E-state index contributed by atoms with van der Waals surface area (Å²) in [4.78, 5) is 29.2. The van der Waals surface area contributed by atoms with Crippen molar-refractivity contribution in [1.29, 1.82) is 0 Å². The third kappa shape index (κ3) is 5.57. The summed E-state index contributed by atoms with van der Waals surface area (Å²) >= 11 is 12.2. The molecule has 8 heteroatoms. The molecule has 2 fully saturated rings. The number of piperidine rings is 1. The highest BCUT2D eigenvalue weighted by atomic mass is 35.5. The van der Waals surface area contributed by atoms with Crippen molar-refractivity contribution in [3.63, 3.8) is 0 Å². The van der Waals surface area contributed by atoms with Gasteiger partial charge in [-0.2, -0.15) is 0 Å². The number of carbonyl (C=O) groups is 2. The van der Waals surface area contributed by atoms with E-state index in [2.05, 4.69) is 18.0 Å². The maximum atomic E-state index is 13.4. The largest absolute Gasteiger partial charge is 0.427 e. The van der Waals surface area contributed by atoms with E-state index < -0.39 is 0 Å². The van der Waals surface area contributed by atoms with Gasteiger partial charge in [0.1, 0.15) is 5.75 Å². The molecule has 1 saturated heterocycles. The number of ether oxygens (including phenoxy) is 2. The number of hydrogen-bond acceptors (Lipinski definition) is 5. The lowest BCUT2D eigenvalue weighted by molar-refractivity contribution is -0.137. The smallest absolute Gasteiger partial charge is 0.308 e. The molecule has 1 aliphatic carbocycles. The molecular formula is C28H34Cl2N2O4. The fourth-order valence-corrected chi connectivity index (χ4v) is 6.38. The number of carbonyl (C=O) groups excluding carboxylic acids is 2. The molecule has 4 atom stereocenters. The number of likely N-dealkylation sites (tertiary alicyclic amines) is 1. The normalized spacial score (nSPS) is 26.2. The molecule has 4 rings (SSSR count). The topological polar surface area (TPSA) is 59.1 Å². The Bertz CT molecular complexity index is 1130. The molecular weight excluding hydrogens is 499 g/mol. The lowest BCUT2D eigenvalue weighted by Crippen LogP contribution is -2.61. The van der Waals surface area contributed by atoms with Crippen LogP contribution in [-0.4, -0.2) is 68.1 Å². The van der Waals surface area contributed by atoms with Gasteiger partial charge in [0.05, 0.1) is 22.6 Å². The molecule has 0 aromatic heterocycles. The lowest BCUT2D eigenvalue weighted by Gasteiger charge is -2.56. The zero-order valence-corrected chi connectivity index (χ0v) is 22.8. The van der Waals surface area contributed by atoms with Crippen molar-refractivity contribution in [3.8, 4) is 5.75 Å². The predicted octanol–water partition coefficient (Wildman–Crippen LogP) is 4.99. The standard InChI is InChI=1S/C28H34Cl2N2O4/c1-18(33)36-22-7-5-6-20(14-22)28-10-11-31(2)17-23(28)26(35-4)15-21(16-28)32(3)27(34)13-19-8-9-24(29)25(30)12-19/h5-9,12,14,21,23,26H,10-11,13,15-17H2,1-4H3/t21-,23-,26?,28-/m0/s1. The minimum absolute atomic E-state index is 0.00209. The summed E-state index contributed by atoms with van der Waals surface area (Å²) < 4.78 is 11.5. The van der Waals surface area contributed by atoms with E-state index in [9.17, 15) is 9.59 Å². The summed E-state index contributed by atoms with van der Waals surface area (Å²) in [6.07, 6.45) is 2.76. The van der Waals surface area contributed by atoms with Crippen molar-refractivity contribution in [2.75, 3.05) is 34.3 Å². The van der Waals surface area contributed by atoms with E-state index in [0.29, 0.717) is 15.8 Å². The van der Waals surface area contributed by atoms with E-state index in [4.69, 9.17) is 32.7 Å². The number of hydrogen-bond donors (Lipinski definition) is 0. The summed E-state index contributed by atoms with van der Waals surface area (Å²) in [7, 11) is 5.79.